The lowest BCUT2D eigenvalue weighted by molar-refractivity contribution is -0.153. The van der Waals surface area contributed by atoms with E-state index in [1.165, 1.54) is 0 Å². The number of fused-ring (bicyclic) bond motifs is 2. The highest BCUT2D eigenvalue weighted by molar-refractivity contribution is 8.02. The molecule has 8 heteroatoms. The van der Waals surface area contributed by atoms with Gasteiger partial charge in [-0.3, -0.25) is 14.4 Å². The molecule has 0 aromatic carbocycles. The average molecular weight is 477 g/mol. The molecule has 1 N–H and O–H groups in total. The molecular weight excluding hydrogens is 440 g/mol. The van der Waals surface area contributed by atoms with Gasteiger partial charge in [0.05, 0.1) is 29.2 Å². The first-order chi connectivity index (χ1) is 15.7. The van der Waals surface area contributed by atoms with Gasteiger partial charge in [0.25, 0.3) is 0 Å². The molecule has 182 valence electrons. The summed E-state index contributed by atoms with van der Waals surface area (Å²) in [5.41, 5.74) is 0. The van der Waals surface area contributed by atoms with E-state index in [1.54, 1.807) is 16.7 Å². The van der Waals surface area contributed by atoms with Gasteiger partial charge in [0.15, 0.2) is 0 Å². The highest BCUT2D eigenvalue weighted by Crippen LogP contribution is 2.65. The van der Waals surface area contributed by atoms with Crippen LogP contribution in [0.5, 0.6) is 0 Å². The average Bonchev–Trinajstić information content (AvgIpc) is 3.02. The predicted molar refractivity (Wildman–Crippen MR) is 127 cm³/mol. The van der Waals surface area contributed by atoms with E-state index < -0.39 is 33.4 Å². The van der Waals surface area contributed by atoms with E-state index in [9.17, 15) is 19.5 Å². The Balaban J connectivity index is 1.84. The molecule has 4 rings (SSSR count). The van der Waals surface area contributed by atoms with Crippen molar-refractivity contribution in [1.29, 1.82) is 0 Å². The summed E-state index contributed by atoms with van der Waals surface area (Å²) in [4.78, 5) is 44.8. The summed E-state index contributed by atoms with van der Waals surface area (Å²) in [7, 11) is 0. The number of nitrogens with zero attached hydrogens (tertiary/aromatic N) is 2. The van der Waals surface area contributed by atoms with Gasteiger partial charge < -0.3 is 19.6 Å². The number of esters is 1. The number of likely N-dealkylation sites (tertiary alicyclic amines) is 1. The van der Waals surface area contributed by atoms with Crippen LogP contribution in [0.3, 0.4) is 0 Å². The molecule has 0 radical (unpaired) electrons. The van der Waals surface area contributed by atoms with Crippen molar-refractivity contribution in [1.82, 2.24) is 9.80 Å². The Hall–Kier alpha value is -1.80. The lowest BCUT2D eigenvalue weighted by Gasteiger charge is -2.40. The molecule has 4 aliphatic heterocycles. The predicted octanol–water partition coefficient (Wildman–Crippen LogP) is 2.39. The molecule has 0 aliphatic carbocycles. The van der Waals surface area contributed by atoms with Crippen molar-refractivity contribution in [3.8, 4) is 0 Å². The summed E-state index contributed by atoms with van der Waals surface area (Å²) < 4.78 is 3.93. The van der Waals surface area contributed by atoms with Crippen LogP contribution < -0.4 is 0 Å². The van der Waals surface area contributed by atoms with Crippen LogP contribution >= 0.6 is 11.8 Å². The minimum Gasteiger partial charge on any atom is -0.461 e. The molecule has 4 aliphatic rings. The molecule has 0 aromatic heterocycles. The number of aliphatic hydroxyl groups excluding tert-OH is 1. The zero-order valence-corrected chi connectivity index (χ0v) is 20.8. The molecule has 2 amide bonds. The fourth-order valence-corrected chi connectivity index (χ4v) is 8.21. The lowest BCUT2D eigenvalue weighted by Crippen LogP contribution is -2.58. The Morgan fingerprint density at radius 3 is 2.58 bits per heavy atom. The topological polar surface area (TPSA) is 87.2 Å². The van der Waals surface area contributed by atoms with Gasteiger partial charge in [0, 0.05) is 17.8 Å². The van der Waals surface area contributed by atoms with Crippen LogP contribution in [0.1, 0.15) is 47.0 Å². The van der Waals surface area contributed by atoms with Gasteiger partial charge in [-0.25, -0.2) is 0 Å². The van der Waals surface area contributed by atoms with E-state index in [-0.39, 0.29) is 36.9 Å². The van der Waals surface area contributed by atoms with Gasteiger partial charge in [-0.15, -0.1) is 11.8 Å². The second kappa shape index (κ2) is 9.10. The number of carbonyl (C=O) groups excluding carboxylic acids is 3. The van der Waals surface area contributed by atoms with E-state index in [0.29, 0.717) is 13.1 Å². The summed E-state index contributed by atoms with van der Waals surface area (Å²) >= 11 is 1.54. The number of hydrogen-bond acceptors (Lipinski definition) is 6. The van der Waals surface area contributed by atoms with Crippen molar-refractivity contribution in [3.05, 3.63) is 24.3 Å². The Kier molecular flexibility index (Phi) is 6.71. The number of cyclic esters (lactones) is 1. The second-order valence-electron chi connectivity index (χ2n) is 10.2. The first-order valence-electron chi connectivity index (χ1n) is 12.2. The van der Waals surface area contributed by atoms with E-state index in [0.717, 1.165) is 19.3 Å². The molecular formula is C25H36N2O5S. The lowest BCUT2D eigenvalue weighted by atomic mass is 9.75. The molecule has 7 nitrogen and oxygen atoms in total. The first-order valence-corrected chi connectivity index (χ1v) is 13.0. The number of aliphatic hydroxyl groups is 1. The van der Waals surface area contributed by atoms with E-state index in [2.05, 4.69) is 6.92 Å². The number of unbranched alkanes of at least 4 members (excludes halogenated alkanes) is 2. The van der Waals surface area contributed by atoms with Crippen LogP contribution in [0, 0.1) is 17.8 Å². The van der Waals surface area contributed by atoms with Crippen LogP contribution in [0.15, 0.2) is 24.3 Å². The van der Waals surface area contributed by atoms with Gasteiger partial charge >= 0.3 is 5.97 Å². The van der Waals surface area contributed by atoms with Gasteiger partial charge in [-0.05, 0) is 25.3 Å². The maximum Gasteiger partial charge on any atom is 0.311 e. The normalized spacial score (nSPS) is 36.4. The molecule has 1 unspecified atom stereocenters. The molecule has 33 heavy (non-hydrogen) atoms. The number of carbonyl (C=O) groups is 3. The summed E-state index contributed by atoms with van der Waals surface area (Å²) in [5, 5.41) is 10.3. The molecule has 6 atom stereocenters. The first kappa shape index (κ1) is 24.3. The molecule has 2 saturated heterocycles. The van der Waals surface area contributed by atoms with Gasteiger partial charge in [-0.1, -0.05) is 51.8 Å². The van der Waals surface area contributed by atoms with Crippen molar-refractivity contribution in [2.24, 2.45) is 17.8 Å². The molecule has 1 spiro atoms. The maximum absolute atomic E-state index is 14.1. The monoisotopic (exact) mass is 476 g/mol. The molecule has 2 fully saturated rings. The fraction of sp³-hybridized carbons (Fsp3) is 0.720. The van der Waals surface area contributed by atoms with Gasteiger partial charge in [-0.2, -0.15) is 0 Å². The minimum absolute atomic E-state index is 0.0410. The molecule has 0 aromatic rings. The summed E-state index contributed by atoms with van der Waals surface area (Å²) in [6.07, 6.45) is 10.8. The number of ether oxygens (including phenoxy) is 1. The van der Waals surface area contributed by atoms with Crippen molar-refractivity contribution >= 4 is 29.5 Å². The van der Waals surface area contributed by atoms with Crippen LogP contribution in [0.2, 0.25) is 0 Å². The number of amides is 2. The van der Waals surface area contributed by atoms with E-state index in [4.69, 9.17) is 4.74 Å². The minimum atomic E-state index is -0.879. The SMILES string of the molecule is CCCCCN1CC=C[C@]23S[C@@]4(C)C=CCOC(=O)[C@H]4[C@H]2C(=O)N([C@@H](CO)C(C)C)C3C1=O. The van der Waals surface area contributed by atoms with Crippen LogP contribution in [-0.2, 0) is 19.1 Å². The van der Waals surface area contributed by atoms with Gasteiger partial charge in [0.1, 0.15) is 12.6 Å². The summed E-state index contributed by atoms with van der Waals surface area (Å²) in [5.74, 6) is -2.14. The maximum atomic E-state index is 14.1. The second-order valence-corrected chi connectivity index (χ2v) is 12.0. The third-order valence-corrected chi connectivity index (χ3v) is 9.48. The number of hydrogen-bond donors (Lipinski definition) is 1. The zero-order chi connectivity index (χ0) is 24.0. The quantitative estimate of drug-likeness (QED) is 0.345. The van der Waals surface area contributed by atoms with Crippen LogP contribution in [0.25, 0.3) is 0 Å². The Bertz CT molecular complexity index is 873. The standard InChI is InChI=1S/C25H36N2O5S/c1-5-6-7-12-26-13-8-11-25-18(19-23(31)32-14-9-10-24(19,4)33-25)21(29)27(20(25)22(26)30)17(15-28)16(2)3/h8-11,16-20,28H,5-7,12-15H2,1-4H3/t17-,18-,19+,20?,24-,25-/m0/s1. The highest BCUT2D eigenvalue weighted by atomic mass is 32.2. The van der Waals surface area contributed by atoms with Gasteiger partial charge in [0.2, 0.25) is 11.8 Å². The number of thioether (sulfide) groups is 1. The fourth-order valence-electron chi connectivity index (χ4n) is 6.07. The van der Waals surface area contributed by atoms with Crippen molar-refractivity contribution in [3.63, 3.8) is 0 Å². The van der Waals surface area contributed by atoms with Crippen LogP contribution in [-0.4, -0.2) is 80.6 Å². The van der Waals surface area contributed by atoms with Crippen molar-refractivity contribution in [2.75, 3.05) is 26.3 Å². The molecule has 0 saturated carbocycles. The Labute approximate surface area is 200 Å². The summed E-state index contributed by atoms with van der Waals surface area (Å²) in [6, 6.07) is -1.26. The number of rotatable bonds is 7. The molecule has 4 heterocycles. The third-order valence-electron chi connectivity index (χ3n) is 7.68. The van der Waals surface area contributed by atoms with Crippen molar-refractivity contribution < 1.29 is 24.2 Å². The van der Waals surface area contributed by atoms with Crippen molar-refractivity contribution in [2.45, 2.75) is 68.5 Å². The molecule has 0 bridgehead atoms. The Morgan fingerprint density at radius 2 is 1.91 bits per heavy atom. The smallest absolute Gasteiger partial charge is 0.311 e. The van der Waals surface area contributed by atoms with Crippen LogP contribution in [0.4, 0.5) is 0 Å². The zero-order valence-electron chi connectivity index (χ0n) is 20.0. The largest absolute Gasteiger partial charge is 0.461 e. The summed E-state index contributed by atoms with van der Waals surface area (Å²) in [6.45, 7) is 9.09. The Morgan fingerprint density at radius 1 is 1.15 bits per heavy atom. The third kappa shape index (κ3) is 3.73. The van der Waals surface area contributed by atoms with E-state index in [1.807, 2.05) is 50.0 Å². The van der Waals surface area contributed by atoms with E-state index >= 15 is 0 Å². The highest BCUT2D eigenvalue weighted by Gasteiger charge is 2.74.